The van der Waals surface area contributed by atoms with Gasteiger partial charge in [-0.1, -0.05) is 39.0 Å². The zero-order valence-electron chi connectivity index (χ0n) is 7.71. The summed E-state index contributed by atoms with van der Waals surface area (Å²) in [6.07, 6.45) is 6.73. The maximum atomic E-state index is 9.37. The fraction of sp³-hybridized carbons (Fsp3) is 1.00. The highest BCUT2D eigenvalue weighted by Crippen LogP contribution is 2.31. The molecule has 1 rings (SSSR count). The summed E-state index contributed by atoms with van der Waals surface area (Å²) in [5.41, 5.74) is 0. The molecule has 0 aromatic rings. The van der Waals surface area contributed by atoms with Crippen molar-refractivity contribution >= 4 is 0 Å². The van der Waals surface area contributed by atoms with E-state index in [1.807, 2.05) is 6.92 Å². The number of hydrogen-bond acceptors (Lipinski definition) is 1. The predicted molar refractivity (Wildman–Crippen MR) is 47.4 cm³/mol. The third-order valence-electron chi connectivity index (χ3n) is 3.15. The largest absolute Gasteiger partial charge is 0.393 e. The van der Waals surface area contributed by atoms with Crippen molar-refractivity contribution in [3.63, 3.8) is 0 Å². The molecule has 1 aliphatic carbocycles. The second-order valence-electron chi connectivity index (χ2n) is 4.00. The number of rotatable bonds is 2. The molecule has 1 saturated carbocycles. The lowest BCUT2D eigenvalue weighted by Gasteiger charge is -2.29. The minimum absolute atomic E-state index is 0.113. The smallest absolute Gasteiger partial charge is 0.0540 e. The Hall–Kier alpha value is -0.0400. The first-order valence-electron chi connectivity index (χ1n) is 4.90. The van der Waals surface area contributed by atoms with Crippen LogP contribution in [0.4, 0.5) is 0 Å². The highest BCUT2D eigenvalue weighted by Gasteiger charge is 2.22. The van der Waals surface area contributed by atoms with Crippen molar-refractivity contribution in [2.45, 2.75) is 52.1 Å². The van der Waals surface area contributed by atoms with Crippen molar-refractivity contribution in [2.24, 2.45) is 11.8 Å². The van der Waals surface area contributed by atoms with Crippen molar-refractivity contribution in [3.05, 3.63) is 0 Å². The molecule has 0 bridgehead atoms. The van der Waals surface area contributed by atoms with Crippen molar-refractivity contribution in [2.75, 3.05) is 0 Å². The zero-order chi connectivity index (χ0) is 8.27. The Morgan fingerprint density at radius 2 is 1.64 bits per heavy atom. The minimum Gasteiger partial charge on any atom is -0.393 e. The Balaban J connectivity index is 2.32. The van der Waals surface area contributed by atoms with Gasteiger partial charge in [0, 0.05) is 0 Å². The highest BCUT2D eigenvalue weighted by molar-refractivity contribution is 4.73. The number of aliphatic hydroxyl groups is 1. The topological polar surface area (TPSA) is 20.2 Å². The van der Waals surface area contributed by atoms with Gasteiger partial charge < -0.3 is 5.11 Å². The van der Waals surface area contributed by atoms with E-state index in [1.54, 1.807) is 0 Å². The van der Waals surface area contributed by atoms with Crippen LogP contribution in [0.25, 0.3) is 0 Å². The SMILES string of the molecule is C[C@H](C1CCCCC1)[C@@H](C)O. The van der Waals surface area contributed by atoms with Gasteiger partial charge in [0.1, 0.15) is 0 Å². The molecular weight excluding hydrogens is 136 g/mol. The molecule has 11 heavy (non-hydrogen) atoms. The van der Waals surface area contributed by atoms with E-state index in [4.69, 9.17) is 0 Å². The van der Waals surface area contributed by atoms with E-state index in [1.165, 1.54) is 32.1 Å². The summed E-state index contributed by atoms with van der Waals surface area (Å²) in [5, 5.41) is 9.37. The van der Waals surface area contributed by atoms with E-state index < -0.39 is 0 Å². The molecule has 1 fully saturated rings. The molecule has 1 nitrogen and oxygen atoms in total. The van der Waals surface area contributed by atoms with Gasteiger partial charge in [-0.2, -0.15) is 0 Å². The molecule has 0 saturated heterocycles. The first-order valence-corrected chi connectivity index (χ1v) is 4.90. The normalized spacial score (nSPS) is 26.5. The van der Waals surface area contributed by atoms with E-state index in [-0.39, 0.29) is 6.10 Å². The van der Waals surface area contributed by atoms with E-state index in [9.17, 15) is 5.11 Å². The molecule has 0 unspecified atom stereocenters. The van der Waals surface area contributed by atoms with Crippen molar-refractivity contribution in [1.82, 2.24) is 0 Å². The Labute approximate surface area is 69.8 Å². The highest BCUT2D eigenvalue weighted by atomic mass is 16.3. The van der Waals surface area contributed by atoms with Gasteiger partial charge in [0.25, 0.3) is 0 Å². The van der Waals surface area contributed by atoms with E-state index in [2.05, 4.69) is 6.92 Å². The van der Waals surface area contributed by atoms with Crippen LogP contribution < -0.4 is 0 Å². The molecule has 0 spiro atoms. The third kappa shape index (κ3) is 2.48. The fourth-order valence-electron chi connectivity index (χ4n) is 2.05. The molecule has 1 aliphatic rings. The monoisotopic (exact) mass is 156 g/mol. The summed E-state index contributed by atoms with van der Waals surface area (Å²) in [4.78, 5) is 0. The van der Waals surface area contributed by atoms with Gasteiger partial charge in [-0.05, 0) is 18.8 Å². The Morgan fingerprint density at radius 3 is 2.09 bits per heavy atom. The Bertz CT molecular complexity index is 103. The van der Waals surface area contributed by atoms with Crippen molar-refractivity contribution in [3.8, 4) is 0 Å². The van der Waals surface area contributed by atoms with Gasteiger partial charge in [0.15, 0.2) is 0 Å². The molecule has 1 heteroatoms. The molecule has 0 aliphatic heterocycles. The van der Waals surface area contributed by atoms with Gasteiger partial charge in [-0.15, -0.1) is 0 Å². The fourth-order valence-corrected chi connectivity index (χ4v) is 2.05. The van der Waals surface area contributed by atoms with Crippen LogP contribution in [0.1, 0.15) is 46.0 Å². The van der Waals surface area contributed by atoms with E-state index in [0.717, 1.165) is 5.92 Å². The first kappa shape index (κ1) is 9.05. The van der Waals surface area contributed by atoms with Crippen molar-refractivity contribution in [1.29, 1.82) is 0 Å². The van der Waals surface area contributed by atoms with Crippen LogP contribution in [0, 0.1) is 11.8 Å². The van der Waals surface area contributed by atoms with E-state index >= 15 is 0 Å². The summed E-state index contributed by atoms with van der Waals surface area (Å²) < 4.78 is 0. The second-order valence-corrected chi connectivity index (χ2v) is 4.00. The molecule has 1 N–H and O–H groups in total. The average molecular weight is 156 g/mol. The minimum atomic E-state index is -0.113. The van der Waals surface area contributed by atoms with E-state index in [0.29, 0.717) is 5.92 Å². The molecule has 66 valence electrons. The number of hydrogen-bond donors (Lipinski definition) is 1. The van der Waals surface area contributed by atoms with Crippen molar-refractivity contribution < 1.29 is 5.11 Å². The standard InChI is InChI=1S/C10H20O/c1-8(9(2)11)10-6-4-3-5-7-10/h8-11H,3-7H2,1-2H3/t8-,9+/m0/s1. The van der Waals surface area contributed by atoms with Crippen LogP contribution in [-0.2, 0) is 0 Å². The zero-order valence-corrected chi connectivity index (χ0v) is 7.71. The molecule has 2 atom stereocenters. The Kier molecular flexibility index (Phi) is 3.38. The van der Waals surface area contributed by atoms with Crippen LogP contribution in [-0.4, -0.2) is 11.2 Å². The maximum Gasteiger partial charge on any atom is 0.0540 e. The van der Waals surface area contributed by atoms with Gasteiger partial charge >= 0.3 is 0 Å². The van der Waals surface area contributed by atoms with Crippen LogP contribution in [0.5, 0.6) is 0 Å². The summed E-state index contributed by atoms with van der Waals surface area (Å²) in [7, 11) is 0. The molecule has 0 heterocycles. The lowest BCUT2D eigenvalue weighted by atomic mass is 9.79. The molecule has 0 radical (unpaired) electrons. The van der Waals surface area contributed by atoms with Crippen LogP contribution in [0.3, 0.4) is 0 Å². The summed E-state index contributed by atoms with van der Waals surface area (Å²) >= 11 is 0. The Morgan fingerprint density at radius 1 is 1.09 bits per heavy atom. The number of aliphatic hydroxyl groups excluding tert-OH is 1. The first-order chi connectivity index (χ1) is 5.22. The lowest BCUT2D eigenvalue weighted by Crippen LogP contribution is -2.24. The molecular formula is C10H20O. The summed E-state index contributed by atoms with van der Waals surface area (Å²) in [5.74, 6) is 1.30. The lowest BCUT2D eigenvalue weighted by molar-refractivity contribution is 0.0835. The van der Waals surface area contributed by atoms with Crippen LogP contribution in [0.2, 0.25) is 0 Å². The molecule has 0 aromatic heterocycles. The van der Waals surface area contributed by atoms with Gasteiger partial charge in [-0.25, -0.2) is 0 Å². The van der Waals surface area contributed by atoms with Gasteiger partial charge in [-0.3, -0.25) is 0 Å². The summed E-state index contributed by atoms with van der Waals surface area (Å²) in [6.45, 7) is 4.10. The predicted octanol–water partition coefficient (Wildman–Crippen LogP) is 2.58. The third-order valence-corrected chi connectivity index (χ3v) is 3.15. The molecule has 0 aromatic carbocycles. The summed E-state index contributed by atoms with van der Waals surface area (Å²) in [6, 6.07) is 0. The maximum absolute atomic E-state index is 9.37. The quantitative estimate of drug-likeness (QED) is 0.651. The second kappa shape index (κ2) is 4.10. The van der Waals surface area contributed by atoms with Gasteiger partial charge in [0.05, 0.1) is 6.10 Å². The molecule has 0 amide bonds. The average Bonchev–Trinajstić information content (AvgIpc) is 2.05. The van der Waals surface area contributed by atoms with Crippen LogP contribution >= 0.6 is 0 Å². The van der Waals surface area contributed by atoms with Crippen LogP contribution in [0.15, 0.2) is 0 Å². The van der Waals surface area contributed by atoms with Gasteiger partial charge in [0.2, 0.25) is 0 Å².